The van der Waals surface area contributed by atoms with Crippen molar-refractivity contribution in [3.63, 3.8) is 0 Å². The molecule has 2 rings (SSSR count). The van der Waals surface area contributed by atoms with Crippen molar-refractivity contribution in [1.29, 1.82) is 0 Å². The zero-order chi connectivity index (χ0) is 18.4. The number of benzene rings is 1. The monoisotopic (exact) mass is 343 g/mol. The van der Waals surface area contributed by atoms with Gasteiger partial charge in [-0.3, -0.25) is 4.90 Å². The van der Waals surface area contributed by atoms with Gasteiger partial charge in [0, 0.05) is 5.70 Å². The minimum atomic E-state index is -0.487. The predicted molar refractivity (Wildman–Crippen MR) is 104 cm³/mol. The molecule has 1 aromatic rings. The number of allylic oxidation sites excluding steroid dienone is 1. The van der Waals surface area contributed by atoms with Crippen molar-refractivity contribution < 1.29 is 9.53 Å². The molecule has 0 bridgehead atoms. The molecule has 0 aromatic heterocycles. The second kappa shape index (κ2) is 8.55. The highest BCUT2D eigenvalue weighted by Gasteiger charge is 2.34. The highest BCUT2D eigenvalue weighted by Crippen LogP contribution is 2.39. The molecule has 25 heavy (non-hydrogen) atoms. The second-order valence-corrected chi connectivity index (χ2v) is 7.88. The Bertz CT molecular complexity index is 613. The molecule has 0 aliphatic carbocycles. The van der Waals surface area contributed by atoms with Gasteiger partial charge in [-0.2, -0.15) is 0 Å². The van der Waals surface area contributed by atoms with Crippen LogP contribution in [0.25, 0.3) is 6.08 Å². The van der Waals surface area contributed by atoms with Gasteiger partial charge in [-0.25, -0.2) is 4.79 Å². The Kier molecular flexibility index (Phi) is 6.69. The van der Waals surface area contributed by atoms with Crippen molar-refractivity contribution in [3.8, 4) is 0 Å². The first-order valence-electron chi connectivity index (χ1n) is 9.69. The molecule has 0 radical (unpaired) electrons. The van der Waals surface area contributed by atoms with Crippen LogP contribution >= 0.6 is 0 Å². The SMILES string of the molecule is CCCCC1=Cc2ccccc2C(CCCC)N1C(=O)OC(C)(C)C. The number of carbonyl (C=O) groups excluding carboxylic acids is 1. The van der Waals surface area contributed by atoms with Crippen molar-refractivity contribution in [2.75, 3.05) is 0 Å². The van der Waals surface area contributed by atoms with Gasteiger partial charge in [-0.05, 0) is 57.2 Å². The lowest BCUT2D eigenvalue weighted by Crippen LogP contribution is -2.40. The van der Waals surface area contributed by atoms with E-state index in [4.69, 9.17) is 4.74 Å². The number of carbonyl (C=O) groups is 1. The summed E-state index contributed by atoms with van der Waals surface area (Å²) in [5.41, 5.74) is 3.09. The Morgan fingerprint density at radius 2 is 1.80 bits per heavy atom. The van der Waals surface area contributed by atoms with Crippen molar-refractivity contribution in [3.05, 3.63) is 41.1 Å². The molecule has 3 nitrogen and oxygen atoms in total. The van der Waals surface area contributed by atoms with Crippen LogP contribution in [0.4, 0.5) is 4.79 Å². The number of hydrogen-bond acceptors (Lipinski definition) is 2. The molecule has 138 valence electrons. The average Bonchev–Trinajstić information content (AvgIpc) is 2.55. The van der Waals surface area contributed by atoms with Gasteiger partial charge in [-0.1, -0.05) is 57.4 Å². The van der Waals surface area contributed by atoms with Gasteiger partial charge in [0.15, 0.2) is 0 Å². The standard InChI is InChI=1S/C22H33NO2/c1-6-8-13-18-16-17-12-10-11-14-19(17)20(15-9-7-2)23(18)21(24)25-22(3,4)5/h10-12,14,16,20H,6-9,13,15H2,1-5H3. The molecule has 3 heteroatoms. The maximum absolute atomic E-state index is 13.0. The van der Waals surface area contributed by atoms with Crippen molar-refractivity contribution in [2.24, 2.45) is 0 Å². The lowest BCUT2D eigenvalue weighted by Gasteiger charge is -2.39. The van der Waals surface area contributed by atoms with Crippen molar-refractivity contribution in [1.82, 2.24) is 4.90 Å². The number of amides is 1. The third kappa shape index (κ3) is 5.10. The highest BCUT2D eigenvalue weighted by molar-refractivity contribution is 5.76. The number of unbranched alkanes of at least 4 members (excludes halogenated alkanes) is 2. The summed E-state index contributed by atoms with van der Waals surface area (Å²) in [6, 6.07) is 8.53. The smallest absolute Gasteiger partial charge is 0.415 e. The summed E-state index contributed by atoms with van der Waals surface area (Å²) in [7, 11) is 0. The van der Waals surface area contributed by atoms with Crippen LogP contribution in [0.1, 0.15) is 90.3 Å². The van der Waals surface area contributed by atoms with Crippen molar-refractivity contribution >= 4 is 12.2 Å². The molecular formula is C22H33NO2. The van der Waals surface area contributed by atoms with E-state index in [2.05, 4.69) is 44.2 Å². The van der Waals surface area contributed by atoms with E-state index in [1.807, 2.05) is 25.7 Å². The molecule has 1 aromatic carbocycles. The lowest BCUT2D eigenvalue weighted by molar-refractivity contribution is 0.0219. The second-order valence-electron chi connectivity index (χ2n) is 7.88. The summed E-state index contributed by atoms with van der Waals surface area (Å²) in [4.78, 5) is 15.0. The summed E-state index contributed by atoms with van der Waals surface area (Å²) in [5, 5.41) is 0. The van der Waals surface area contributed by atoms with E-state index in [0.717, 1.165) is 44.2 Å². The first-order chi connectivity index (χ1) is 11.9. The van der Waals surface area contributed by atoms with Crippen LogP contribution in [-0.2, 0) is 4.74 Å². The number of rotatable bonds is 6. The van der Waals surface area contributed by atoms with Crippen molar-refractivity contribution in [2.45, 2.75) is 84.8 Å². The highest BCUT2D eigenvalue weighted by atomic mass is 16.6. The Labute approximate surface area is 153 Å². The van der Waals surface area contributed by atoms with E-state index in [9.17, 15) is 4.79 Å². The van der Waals surface area contributed by atoms with E-state index in [-0.39, 0.29) is 12.1 Å². The molecule has 0 fully saturated rings. The minimum Gasteiger partial charge on any atom is -0.443 e. The average molecular weight is 344 g/mol. The van der Waals surface area contributed by atoms with E-state index >= 15 is 0 Å². The molecule has 0 saturated heterocycles. The predicted octanol–water partition coefficient (Wildman–Crippen LogP) is 6.70. The van der Waals surface area contributed by atoms with Crippen LogP contribution in [0.15, 0.2) is 30.0 Å². The van der Waals surface area contributed by atoms with Gasteiger partial charge in [0.2, 0.25) is 0 Å². The Hall–Kier alpha value is -1.77. The van der Waals surface area contributed by atoms with Crippen LogP contribution in [0.2, 0.25) is 0 Å². The van der Waals surface area contributed by atoms with Crippen LogP contribution in [0.3, 0.4) is 0 Å². The molecule has 1 aliphatic rings. The molecule has 1 aliphatic heterocycles. The quantitative estimate of drug-likeness (QED) is 0.575. The summed E-state index contributed by atoms with van der Waals surface area (Å²) < 4.78 is 5.76. The zero-order valence-corrected chi connectivity index (χ0v) is 16.5. The van der Waals surface area contributed by atoms with Crippen LogP contribution < -0.4 is 0 Å². The first kappa shape index (κ1) is 19.6. The third-order valence-electron chi connectivity index (χ3n) is 4.51. The number of nitrogens with zero attached hydrogens (tertiary/aromatic N) is 1. The summed E-state index contributed by atoms with van der Waals surface area (Å²) >= 11 is 0. The molecule has 1 heterocycles. The van der Waals surface area contributed by atoms with Crippen LogP contribution in [0.5, 0.6) is 0 Å². The van der Waals surface area contributed by atoms with Gasteiger partial charge in [0.05, 0.1) is 6.04 Å². The van der Waals surface area contributed by atoms with Gasteiger partial charge < -0.3 is 4.74 Å². The van der Waals surface area contributed by atoms with E-state index in [1.165, 1.54) is 11.1 Å². The Morgan fingerprint density at radius 1 is 1.12 bits per heavy atom. The Balaban J connectivity index is 2.42. The van der Waals surface area contributed by atoms with E-state index in [0.29, 0.717) is 0 Å². The number of ether oxygens (including phenoxy) is 1. The summed E-state index contributed by atoms with van der Waals surface area (Å²) in [5.74, 6) is 0. The Morgan fingerprint density at radius 3 is 2.44 bits per heavy atom. The molecule has 0 N–H and O–H groups in total. The minimum absolute atomic E-state index is 0.0721. The van der Waals surface area contributed by atoms with Crippen LogP contribution in [0, 0.1) is 0 Å². The summed E-state index contributed by atoms with van der Waals surface area (Å²) in [6.07, 6.45) is 8.24. The molecule has 0 spiro atoms. The normalized spacial score (nSPS) is 17.1. The fraction of sp³-hybridized carbons (Fsp3) is 0.591. The lowest BCUT2D eigenvalue weighted by atomic mass is 9.90. The van der Waals surface area contributed by atoms with Gasteiger partial charge in [0.1, 0.15) is 5.60 Å². The molecule has 1 amide bonds. The maximum Gasteiger partial charge on any atom is 0.415 e. The van der Waals surface area contributed by atoms with Gasteiger partial charge >= 0.3 is 6.09 Å². The molecule has 1 atom stereocenters. The van der Waals surface area contributed by atoms with E-state index < -0.39 is 5.60 Å². The van der Waals surface area contributed by atoms with Gasteiger partial charge in [0.25, 0.3) is 0 Å². The number of fused-ring (bicyclic) bond motifs is 1. The topological polar surface area (TPSA) is 29.5 Å². The fourth-order valence-corrected chi connectivity index (χ4v) is 3.32. The summed E-state index contributed by atoms with van der Waals surface area (Å²) in [6.45, 7) is 10.2. The largest absolute Gasteiger partial charge is 0.443 e. The zero-order valence-electron chi connectivity index (χ0n) is 16.5. The fourth-order valence-electron chi connectivity index (χ4n) is 3.32. The van der Waals surface area contributed by atoms with E-state index in [1.54, 1.807) is 0 Å². The third-order valence-corrected chi connectivity index (χ3v) is 4.51. The van der Waals surface area contributed by atoms with Crippen LogP contribution in [-0.4, -0.2) is 16.6 Å². The number of hydrogen-bond donors (Lipinski definition) is 0. The molecule has 0 saturated carbocycles. The first-order valence-corrected chi connectivity index (χ1v) is 9.69. The maximum atomic E-state index is 13.0. The molecule has 1 unspecified atom stereocenters. The van der Waals surface area contributed by atoms with Gasteiger partial charge in [-0.15, -0.1) is 0 Å². The molecular weight excluding hydrogens is 310 g/mol.